The second kappa shape index (κ2) is 14.6. The summed E-state index contributed by atoms with van der Waals surface area (Å²) in [6.07, 6.45) is -3.48. The van der Waals surface area contributed by atoms with E-state index in [1.54, 1.807) is 6.92 Å². The molecule has 1 aliphatic rings. The number of fused-ring (bicyclic) bond motifs is 1. The van der Waals surface area contributed by atoms with Gasteiger partial charge in [-0.25, -0.2) is 28.1 Å². The van der Waals surface area contributed by atoms with Crippen molar-refractivity contribution >= 4 is 32.9 Å². The Morgan fingerprint density at radius 3 is 2.26 bits per heavy atom. The van der Waals surface area contributed by atoms with Gasteiger partial charge in [-0.1, -0.05) is 74.5 Å². The number of carbonyl (C=O) groups excluding carboxylic acids is 1. The molecule has 4 atom stereocenters. The van der Waals surface area contributed by atoms with E-state index < -0.39 is 34.6 Å². The minimum atomic E-state index is -3.60. The Kier molecular flexibility index (Phi) is 10.6. The number of amides is 1. The second-order valence-corrected chi connectivity index (χ2v) is 13.6. The quantitative estimate of drug-likeness (QED) is 0.136. The largest absolute Gasteiger partial charge is 0.388 e. The number of hydrogen-bond acceptors (Lipinski definition) is 10. The zero-order chi connectivity index (χ0) is 32.8. The van der Waals surface area contributed by atoms with E-state index in [0.29, 0.717) is 24.4 Å². The monoisotopic (exact) mass is 651 g/mol. The molecule has 5 N–H and O–H groups in total. The Morgan fingerprint density at radius 2 is 1.65 bits per heavy atom. The summed E-state index contributed by atoms with van der Waals surface area (Å²) in [7, 11) is -3.60. The number of nitrogens with one attached hydrogen (secondary N) is 3. The smallest absolute Gasteiger partial charge is 0.222 e. The SMILES string of the molecule is CCNC(=O)C[C@@H]1O[C@@H](n2cnc3c(NCC(c4ccccc4)c4ccccc4)nc(CNS(=O)(=O)CC(C)C)nc32)[C@H](O)[C@@H]1O. The average molecular weight is 652 g/mol. The zero-order valence-corrected chi connectivity index (χ0v) is 26.9. The molecular weight excluding hydrogens is 610 g/mol. The molecule has 3 heterocycles. The van der Waals surface area contributed by atoms with E-state index in [4.69, 9.17) is 4.74 Å². The van der Waals surface area contributed by atoms with E-state index >= 15 is 0 Å². The number of imidazole rings is 1. The minimum absolute atomic E-state index is 0.0485. The van der Waals surface area contributed by atoms with Gasteiger partial charge in [0.2, 0.25) is 15.9 Å². The van der Waals surface area contributed by atoms with Crippen LogP contribution in [0.3, 0.4) is 0 Å². The maximum Gasteiger partial charge on any atom is 0.222 e. The molecule has 1 amide bonds. The third kappa shape index (κ3) is 7.88. The van der Waals surface area contributed by atoms with Gasteiger partial charge in [0.05, 0.1) is 31.1 Å². The van der Waals surface area contributed by atoms with Gasteiger partial charge in [-0.15, -0.1) is 0 Å². The van der Waals surface area contributed by atoms with E-state index in [-0.39, 0.29) is 47.9 Å². The van der Waals surface area contributed by atoms with Gasteiger partial charge in [0.25, 0.3) is 0 Å². The molecule has 0 spiro atoms. The van der Waals surface area contributed by atoms with Crippen LogP contribution in [0.2, 0.25) is 0 Å². The highest BCUT2D eigenvalue weighted by atomic mass is 32.2. The summed E-state index contributed by atoms with van der Waals surface area (Å²) >= 11 is 0. The van der Waals surface area contributed by atoms with Gasteiger partial charge in [0.15, 0.2) is 23.2 Å². The molecule has 1 saturated heterocycles. The molecule has 0 radical (unpaired) electrons. The van der Waals surface area contributed by atoms with E-state index in [0.717, 1.165) is 11.1 Å². The summed E-state index contributed by atoms with van der Waals surface area (Å²) in [5.74, 6) is 0.0460. The van der Waals surface area contributed by atoms with Crippen molar-refractivity contribution in [2.45, 2.75) is 64.2 Å². The molecule has 13 nitrogen and oxygen atoms in total. The molecule has 1 aliphatic heterocycles. The lowest BCUT2D eigenvalue weighted by molar-refractivity contribution is -0.125. The number of carbonyl (C=O) groups is 1. The molecule has 0 saturated carbocycles. The van der Waals surface area contributed by atoms with Crippen molar-refractivity contribution in [2.75, 3.05) is 24.2 Å². The van der Waals surface area contributed by atoms with Crippen LogP contribution in [-0.2, 0) is 26.1 Å². The Labute approximate surface area is 268 Å². The lowest BCUT2D eigenvalue weighted by Crippen LogP contribution is -2.35. The lowest BCUT2D eigenvalue weighted by Gasteiger charge is -2.20. The van der Waals surface area contributed by atoms with Gasteiger partial charge in [-0.2, -0.15) is 0 Å². The molecule has 4 aromatic rings. The Bertz CT molecular complexity index is 1680. The number of aliphatic hydroxyl groups is 2. The van der Waals surface area contributed by atoms with Crippen molar-refractivity contribution in [1.82, 2.24) is 29.6 Å². The normalized spacial score (nSPS) is 20.1. The van der Waals surface area contributed by atoms with E-state index in [1.807, 2.05) is 50.2 Å². The number of aliphatic hydroxyl groups excluding tert-OH is 2. The van der Waals surface area contributed by atoms with Crippen molar-refractivity contribution in [3.63, 3.8) is 0 Å². The first-order valence-electron chi connectivity index (χ1n) is 15.4. The molecule has 0 aliphatic carbocycles. The summed E-state index contributed by atoms with van der Waals surface area (Å²) in [6.45, 7) is 6.10. The fourth-order valence-corrected chi connectivity index (χ4v) is 6.94. The number of nitrogens with zero attached hydrogens (tertiary/aromatic N) is 4. The fraction of sp³-hybridized carbons (Fsp3) is 0.438. The molecule has 46 heavy (non-hydrogen) atoms. The number of sulfonamides is 1. The highest BCUT2D eigenvalue weighted by Crippen LogP contribution is 2.34. The number of hydrogen-bond donors (Lipinski definition) is 5. The van der Waals surface area contributed by atoms with Crippen molar-refractivity contribution < 1.29 is 28.2 Å². The Balaban J connectivity index is 1.49. The second-order valence-electron chi connectivity index (χ2n) is 11.8. The third-order valence-electron chi connectivity index (χ3n) is 7.72. The number of aromatic nitrogens is 4. The highest BCUT2D eigenvalue weighted by Gasteiger charge is 2.45. The van der Waals surface area contributed by atoms with Crippen LogP contribution in [0, 0.1) is 5.92 Å². The molecule has 0 bridgehead atoms. The average Bonchev–Trinajstić information content (AvgIpc) is 3.57. The van der Waals surface area contributed by atoms with E-state index in [9.17, 15) is 23.4 Å². The summed E-state index contributed by atoms with van der Waals surface area (Å²) in [5, 5.41) is 27.8. The first kappa shape index (κ1) is 33.4. The number of benzene rings is 2. The number of rotatable bonds is 14. The van der Waals surface area contributed by atoms with Gasteiger partial charge in [0.1, 0.15) is 18.0 Å². The van der Waals surface area contributed by atoms with Crippen LogP contribution in [0.1, 0.15) is 56.3 Å². The predicted molar refractivity (Wildman–Crippen MR) is 173 cm³/mol. The van der Waals surface area contributed by atoms with E-state index in [1.165, 1.54) is 10.9 Å². The summed E-state index contributed by atoms with van der Waals surface area (Å²) < 4.78 is 35.3. The predicted octanol–water partition coefficient (Wildman–Crippen LogP) is 2.29. The molecular formula is C32H41N7O6S. The molecule has 2 aromatic heterocycles. The summed E-state index contributed by atoms with van der Waals surface area (Å²) in [4.78, 5) is 26.0. The zero-order valence-electron chi connectivity index (χ0n) is 26.1. The Morgan fingerprint density at radius 1 is 1.00 bits per heavy atom. The molecule has 5 rings (SSSR count). The van der Waals surface area contributed by atoms with Crippen LogP contribution in [0.4, 0.5) is 5.82 Å². The maximum atomic E-state index is 12.7. The van der Waals surface area contributed by atoms with Crippen molar-refractivity contribution in [2.24, 2.45) is 5.92 Å². The van der Waals surface area contributed by atoms with Crippen LogP contribution >= 0.6 is 0 Å². The summed E-state index contributed by atoms with van der Waals surface area (Å²) in [6, 6.07) is 20.1. The fourth-order valence-electron chi connectivity index (χ4n) is 5.60. The van der Waals surface area contributed by atoms with E-state index in [2.05, 4.69) is 54.6 Å². The van der Waals surface area contributed by atoms with Gasteiger partial charge in [0, 0.05) is 19.0 Å². The van der Waals surface area contributed by atoms with Gasteiger partial charge in [-0.05, 0) is 24.0 Å². The highest BCUT2D eigenvalue weighted by molar-refractivity contribution is 7.89. The van der Waals surface area contributed by atoms with Gasteiger partial charge >= 0.3 is 0 Å². The number of anilines is 1. The first-order chi connectivity index (χ1) is 22.1. The molecule has 14 heteroatoms. The lowest BCUT2D eigenvalue weighted by atomic mass is 9.91. The Hall–Kier alpha value is -3.95. The van der Waals surface area contributed by atoms with Gasteiger partial charge in [-0.3, -0.25) is 9.36 Å². The van der Waals surface area contributed by atoms with Crippen molar-refractivity contribution in [1.29, 1.82) is 0 Å². The van der Waals surface area contributed by atoms with Crippen LogP contribution in [0.25, 0.3) is 11.2 Å². The van der Waals surface area contributed by atoms with Crippen LogP contribution < -0.4 is 15.4 Å². The molecule has 0 unspecified atom stereocenters. The first-order valence-corrected chi connectivity index (χ1v) is 17.0. The van der Waals surface area contributed by atoms with Crippen molar-refractivity contribution in [3.05, 3.63) is 83.9 Å². The van der Waals surface area contributed by atoms with Crippen LogP contribution in [-0.4, -0.2) is 81.2 Å². The van der Waals surface area contributed by atoms with Crippen LogP contribution in [0.5, 0.6) is 0 Å². The standard InChI is InChI=1S/C32H41N7O6S/c1-4-33-26(40)15-24-28(41)29(42)32(45-24)39-19-35-27-30(37-25(38-31(27)39)17-36-46(43,44)18-20(2)3)34-16-23(21-11-7-5-8-12-21)22-13-9-6-10-14-22/h5-14,19-20,23-24,28-29,32,36,41-42H,4,15-18H2,1-3H3,(H,33,40)(H,34,37,38)/t24-,28+,29+,32+/m0/s1. The molecule has 1 fully saturated rings. The topological polar surface area (TPSA) is 181 Å². The molecule has 2 aromatic carbocycles. The maximum absolute atomic E-state index is 12.7. The van der Waals surface area contributed by atoms with Crippen LogP contribution in [0.15, 0.2) is 67.0 Å². The summed E-state index contributed by atoms with van der Waals surface area (Å²) in [5.41, 5.74) is 2.81. The number of ether oxygens (including phenoxy) is 1. The molecule has 246 valence electrons. The van der Waals surface area contributed by atoms with Gasteiger partial charge < -0.3 is 25.6 Å². The van der Waals surface area contributed by atoms with Crippen molar-refractivity contribution in [3.8, 4) is 0 Å². The third-order valence-corrected chi connectivity index (χ3v) is 9.41. The minimum Gasteiger partial charge on any atom is -0.388 e.